The van der Waals surface area contributed by atoms with Crippen molar-refractivity contribution in [2.24, 2.45) is 0 Å². The van der Waals surface area contributed by atoms with E-state index in [1.807, 2.05) is 42.7 Å². The number of furan rings is 1. The molecule has 0 aliphatic rings. The Kier molecular flexibility index (Phi) is 2.84. The number of para-hydroxylation sites is 1. The molecule has 0 atom stereocenters. The van der Waals surface area contributed by atoms with Gasteiger partial charge in [-0.3, -0.25) is 0 Å². The molecule has 1 aromatic heterocycles. The van der Waals surface area contributed by atoms with Crippen LogP contribution in [0.2, 0.25) is 0 Å². The molecule has 0 saturated heterocycles. The van der Waals surface area contributed by atoms with Crippen LogP contribution in [0.5, 0.6) is 0 Å². The van der Waals surface area contributed by atoms with Crippen molar-refractivity contribution >= 4 is 22.7 Å². The number of halogens is 1. The maximum atomic E-state index is 13.7. The van der Waals surface area contributed by atoms with Gasteiger partial charge in [-0.05, 0) is 17.9 Å². The first-order valence-electron chi connectivity index (χ1n) is 5.61. The van der Waals surface area contributed by atoms with Crippen molar-refractivity contribution in [3.63, 3.8) is 0 Å². The van der Waals surface area contributed by atoms with E-state index in [4.69, 9.17) is 4.42 Å². The Morgan fingerprint density at radius 2 is 1.78 bits per heavy atom. The lowest BCUT2D eigenvalue weighted by molar-refractivity contribution is 0.493. The molecular weight excluding hydrogens is 247 g/mol. The van der Waals surface area contributed by atoms with Crippen LogP contribution in [0.15, 0.2) is 58.0 Å². The highest BCUT2D eigenvalue weighted by Crippen LogP contribution is 2.40. The zero-order valence-corrected chi connectivity index (χ0v) is 10.6. The Labute approximate surface area is 109 Å². The van der Waals surface area contributed by atoms with Gasteiger partial charge in [-0.1, -0.05) is 54.2 Å². The molecule has 0 aliphatic carbocycles. The van der Waals surface area contributed by atoms with E-state index in [0.717, 1.165) is 21.6 Å². The van der Waals surface area contributed by atoms with Crippen LogP contribution in [0.25, 0.3) is 22.1 Å². The summed E-state index contributed by atoms with van der Waals surface area (Å²) in [7, 11) is 0. The number of benzene rings is 2. The SMILES string of the molecule is CSc1oc2c(F)cccc2c1-c1ccccc1. The van der Waals surface area contributed by atoms with Crippen molar-refractivity contribution in [2.45, 2.75) is 5.09 Å². The van der Waals surface area contributed by atoms with Gasteiger partial charge in [-0.15, -0.1) is 0 Å². The van der Waals surface area contributed by atoms with Crippen LogP contribution in [0.3, 0.4) is 0 Å². The first kappa shape index (κ1) is 11.4. The summed E-state index contributed by atoms with van der Waals surface area (Å²) >= 11 is 1.49. The second kappa shape index (κ2) is 4.50. The Balaban J connectivity index is 2.37. The molecule has 0 aliphatic heterocycles. The van der Waals surface area contributed by atoms with E-state index in [9.17, 15) is 4.39 Å². The Bertz CT molecular complexity index is 688. The third kappa shape index (κ3) is 1.71. The van der Waals surface area contributed by atoms with E-state index in [0.29, 0.717) is 5.58 Å². The zero-order valence-electron chi connectivity index (χ0n) is 9.81. The number of rotatable bonds is 2. The van der Waals surface area contributed by atoms with Gasteiger partial charge in [-0.2, -0.15) is 0 Å². The van der Waals surface area contributed by atoms with Crippen molar-refractivity contribution in [3.8, 4) is 11.1 Å². The molecule has 3 heteroatoms. The van der Waals surface area contributed by atoms with E-state index < -0.39 is 0 Å². The topological polar surface area (TPSA) is 13.1 Å². The maximum Gasteiger partial charge on any atom is 0.171 e. The smallest absolute Gasteiger partial charge is 0.171 e. The number of hydrogen-bond donors (Lipinski definition) is 0. The summed E-state index contributed by atoms with van der Waals surface area (Å²) in [6, 6.07) is 14.9. The highest BCUT2D eigenvalue weighted by Gasteiger charge is 2.17. The third-order valence-corrected chi connectivity index (χ3v) is 3.54. The van der Waals surface area contributed by atoms with E-state index >= 15 is 0 Å². The van der Waals surface area contributed by atoms with Crippen LogP contribution in [0.1, 0.15) is 0 Å². The van der Waals surface area contributed by atoms with Crippen LogP contribution in [0, 0.1) is 5.82 Å². The molecule has 0 bridgehead atoms. The Hall–Kier alpha value is -1.74. The van der Waals surface area contributed by atoms with E-state index in [1.54, 1.807) is 6.07 Å². The van der Waals surface area contributed by atoms with Gasteiger partial charge in [-0.25, -0.2) is 4.39 Å². The van der Waals surface area contributed by atoms with Crippen LogP contribution in [0.4, 0.5) is 4.39 Å². The molecule has 1 heterocycles. The zero-order chi connectivity index (χ0) is 12.5. The van der Waals surface area contributed by atoms with Crippen molar-refractivity contribution in [1.29, 1.82) is 0 Å². The van der Waals surface area contributed by atoms with Gasteiger partial charge < -0.3 is 4.42 Å². The minimum absolute atomic E-state index is 0.315. The summed E-state index contributed by atoms with van der Waals surface area (Å²) in [4.78, 5) is 0. The fourth-order valence-electron chi connectivity index (χ4n) is 2.09. The number of fused-ring (bicyclic) bond motifs is 1. The molecule has 0 fully saturated rings. The van der Waals surface area contributed by atoms with Gasteiger partial charge in [0.2, 0.25) is 0 Å². The lowest BCUT2D eigenvalue weighted by atomic mass is 10.0. The minimum atomic E-state index is -0.315. The van der Waals surface area contributed by atoms with Gasteiger partial charge in [0.15, 0.2) is 16.5 Å². The highest BCUT2D eigenvalue weighted by atomic mass is 32.2. The average Bonchev–Trinajstić information content (AvgIpc) is 2.80. The summed E-state index contributed by atoms with van der Waals surface area (Å²) in [5.41, 5.74) is 2.35. The molecule has 0 saturated carbocycles. The summed E-state index contributed by atoms with van der Waals surface area (Å²) in [5.74, 6) is -0.315. The summed E-state index contributed by atoms with van der Waals surface area (Å²) in [6.07, 6.45) is 1.93. The molecule has 3 rings (SSSR count). The third-order valence-electron chi connectivity index (χ3n) is 2.88. The van der Waals surface area contributed by atoms with Crippen LogP contribution in [-0.2, 0) is 0 Å². The van der Waals surface area contributed by atoms with Crippen molar-refractivity contribution in [2.75, 3.05) is 6.26 Å². The van der Waals surface area contributed by atoms with E-state index in [2.05, 4.69) is 0 Å². The van der Waals surface area contributed by atoms with Crippen molar-refractivity contribution in [1.82, 2.24) is 0 Å². The predicted molar refractivity (Wildman–Crippen MR) is 73.4 cm³/mol. The maximum absolute atomic E-state index is 13.7. The van der Waals surface area contributed by atoms with E-state index in [1.165, 1.54) is 17.8 Å². The monoisotopic (exact) mass is 258 g/mol. The number of thioether (sulfide) groups is 1. The lowest BCUT2D eigenvalue weighted by Crippen LogP contribution is -1.78. The van der Waals surface area contributed by atoms with Gasteiger partial charge in [0.05, 0.1) is 0 Å². The fraction of sp³-hybridized carbons (Fsp3) is 0.0667. The summed E-state index contributed by atoms with van der Waals surface area (Å²) in [5, 5.41) is 1.58. The molecule has 0 radical (unpaired) electrons. The molecule has 1 nitrogen and oxygen atoms in total. The Morgan fingerprint density at radius 1 is 1.00 bits per heavy atom. The van der Waals surface area contributed by atoms with E-state index in [-0.39, 0.29) is 5.82 Å². The highest BCUT2D eigenvalue weighted by molar-refractivity contribution is 7.98. The largest absolute Gasteiger partial charge is 0.446 e. The molecule has 0 N–H and O–H groups in total. The van der Waals surface area contributed by atoms with Crippen LogP contribution >= 0.6 is 11.8 Å². The van der Waals surface area contributed by atoms with Gasteiger partial charge in [0, 0.05) is 10.9 Å². The quantitative estimate of drug-likeness (QED) is 0.602. The lowest BCUT2D eigenvalue weighted by Gasteiger charge is -2.00. The summed E-state index contributed by atoms with van der Waals surface area (Å²) in [6.45, 7) is 0. The molecule has 0 spiro atoms. The first-order chi connectivity index (χ1) is 8.81. The van der Waals surface area contributed by atoms with Crippen molar-refractivity contribution < 1.29 is 8.81 Å². The fourth-order valence-corrected chi connectivity index (χ4v) is 2.68. The molecular formula is C15H11FOS. The molecule has 0 amide bonds. The van der Waals surface area contributed by atoms with Gasteiger partial charge in [0.25, 0.3) is 0 Å². The standard InChI is InChI=1S/C15H11FOS/c1-18-15-13(10-6-3-2-4-7-10)11-8-5-9-12(16)14(11)17-15/h2-9H,1H3. The minimum Gasteiger partial charge on any atom is -0.446 e. The molecule has 0 unspecified atom stereocenters. The van der Waals surface area contributed by atoms with Crippen molar-refractivity contribution in [3.05, 3.63) is 54.3 Å². The second-order valence-electron chi connectivity index (χ2n) is 3.95. The summed E-state index contributed by atoms with van der Waals surface area (Å²) < 4.78 is 19.4. The second-order valence-corrected chi connectivity index (χ2v) is 4.73. The normalized spacial score (nSPS) is 11.0. The average molecular weight is 258 g/mol. The molecule has 90 valence electrons. The predicted octanol–water partition coefficient (Wildman–Crippen LogP) is 4.96. The van der Waals surface area contributed by atoms with Gasteiger partial charge >= 0.3 is 0 Å². The molecule has 2 aromatic carbocycles. The molecule has 3 aromatic rings. The van der Waals surface area contributed by atoms with Crippen LogP contribution in [-0.4, -0.2) is 6.26 Å². The molecule has 18 heavy (non-hydrogen) atoms. The number of hydrogen-bond acceptors (Lipinski definition) is 2. The van der Waals surface area contributed by atoms with Gasteiger partial charge in [0.1, 0.15) is 0 Å². The van der Waals surface area contributed by atoms with Crippen LogP contribution < -0.4 is 0 Å². The first-order valence-corrected chi connectivity index (χ1v) is 6.84. The Morgan fingerprint density at radius 3 is 2.50 bits per heavy atom.